The quantitative estimate of drug-likeness (QED) is 0.437. The van der Waals surface area contributed by atoms with Gasteiger partial charge in [0.1, 0.15) is 4.90 Å². The highest BCUT2D eigenvalue weighted by Gasteiger charge is 2.51. The second kappa shape index (κ2) is 9.38. The van der Waals surface area contributed by atoms with Gasteiger partial charge in [0.15, 0.2) is 0 Å². The summed E-state index contributed by atoms with van der Waals surface area (Å²) in [5, 5.41) is 7.00. The van der Waals surface area contributed by atoms with Gasteiger partial charge < -0.3 is 5.32 Å². The van der Waals surface area contributed by atoms with Crippen molar-refractivity contribution in [2.45, 2.75) is 33.4 Å². The third-order valence-corrected chi connectivity index (χ3v) is 8.62. The van der Waals surface area contributed by atoms with Crippen LogP contribution < -0.4 is 10.0 Å². The molecule has 4 rings (SSSR count). The summed E-state index contributed by atoms with van der Waals surface area (Å²) < 4.78 is 29.8. The van der Waals surface area contributed by atoms with Crippen molar-refractivity contribution < 1.29 is 13.2 Å². The molecule has 1 aliphatic carbocycles. The van der Waals surface area contributed by atoms with Crippen LogP contribution >= 0.6 is 27.7 Å². The number of thioether (sulfide) groups is 1. The molecular formula is C22H23BrN4O3S2. The third-order valence-electron chi connectivity index (χ3n) is 5.22. The highest BCUT2D eigenvalue weighted by Crippen LogP contribution is 2.52. The first kappa shape index (κ1) is 23.0. The van der Waals surface area contributed by atoms with Crippen LogP contribution in [0, 0.1) is 0 Å². The number of benzene rings is 2. The number of nitrogens with one attached hydrogen (secondary N) is 2. The minimum absolute atomic E-state index is 0.0337. The zero-order valence-corrected chi connectivity index (χ0v) is 20.6. The Morgan fingerprint density at radius 1 is 1.19 bits per heavy atom. The largest absolute Gasteiger partial charge is 0.347 e. The van der Waals surface area contributed by atoms with Gasteiger partial charge in [0, 0.05) is 29.2 Å². The summed E-state index contributed by atoms with van der Waals surface area (Å²) in [6.45, 7) is 0.0337. The molecule has 10 heteroatoms. The van der Waals surface area contributed by atoms with E-state index in [0.29, 0.717) is 0 Å². The highest BCUT2D eigenvalue weighted by molar-refractivity contribution is 9.10. The Bertz CT molecular complexity index is 1190. The lowest BCUT2D eigenvalue weighted by molar-refractivity contribution is -0.122. The Labute approximate surface area is 200 Å². The molecule has 32 heavy (non-hydrogen) atoms. The second-order valence-electron chi connectivity index (χ2n) is 7.69. The van der Waals surface area contributed by atoms with Crippen LogP contribution in [0.2, 0.25) is 0 Å². The molecule has 168 valence electrons. The maximum atomic E-state index is 13.2. The molecule has 2 N–H and O–H groups in total. The Kier molecular flexibility index (Phi) is 6.75. The van der Waals surface area contributed by atoms with Gasteiger partial charge in [-0.05, 0) is 42.7 Å². The molecule has 0 radical (unpaired) electrons. The van der Waals surface area contributed by atoms with Gasteiger partial charge in [0.25, 0.3) is 0 Å². The van der Waals surface area contributed by atoms with E-state index in [9.17, 15) is 13.2 Å². The predicted molar refractivity (Wildman–Crippen MR) is 128 cm³/mol. The number of aromatic nitrogens is 2. The Morgan fingerprint density at radius 3 is 2.47 bits per heavy atom. The van der Waals surface area contributed by atoms with E-state index in [1.807, 2.05) is 54.6 Å². The van der Waals surface area contributed by atoms with Gasteiger partial charge in [-0.3, -0.25) is 9.48 Å². The molecule has 1 fully saturated rings. The Balaban J connectivity index is 1.48. The fourth-order valence-electron chi connectivity index (χ4n) is 3.26. The second-order valence-corrected chi connectivity index (χ2v) is 11.8. The summed E-state index contributed by atoms with van der Waals surface area (Å²) in [5.74, 6) is -0.0835. The molecular weight excluding hydrogens is 512 g/mol. The topological polar surface area (TPSA) is 93.1 Å². The minimum Gasteiger partial charge on any atom is -0.347 e. The van der Waals surface area contributed by atoms with Crippen molar-refractivity contribution in [3.8, 4) is 0 Å². The van der Waals surface area contributed by atoms with Gasteiger partial charge >= 0.3 is 0 Å². The van der Waals surface area contributed by atoms with E-state index in [4.69, 9.17) is 0 Å². The normalized spacial score (nSPS) is 15.8. The van der Waals surface area contributed by atoms with Gasteiger partial charge in [-0.25, -0.2) is 13.1 Å². The fourth-order valence-corrected chi connectivity index (χ4v) is 5.73. The maximum Gasteiger partial charge on any atom is 0.243 e. The summed E-state index contributed by atoms with van der Waals surface area (Å²) in [5.41, 5.74) is 0.833. The standard InChI is InChI=1S/C22H23BrN4O3S2/c1-27-15-19(13-24-27)32(29,30)25-14-20(16-5-3-2-4-6-16)26-21(28)22(11-12-22)31-18-9-7-17(23)8-10-18/h2-10,13,15,20,25H,11-12,14H2,1H3,(H,26,28). The van der Waals surface area contributed by atoms with Gasteiger partial charge in [-0.1, -0.05) is 46.3 Å². The van der Waals surface area contributed by atoms with Gasteiger partial charge in [0.2, 0.25) is 15.9 Å². The maximum absolute atomic E-state index is 13.2. The monoisotopic (exact) mass is 534 g/mol. The molecule has 0 aliphatic heterocycles. The fraction of sp³-hybridized carbons (Fsp3) is 0.273. The zero-order chi connectivity index (χ0) is 22.8. The number of rotatable bonds is 9. The summed E-state index contributed by atoms with van der Waals surface area (Å²) in [6, 6.07) is 16.8. The van der Waals surface area contributed by atoms with E-state index < -0.39 is 20.8 Å². The van der Waals surface area contributed by atoms with Gasteiger partial charge in [0.05, 0.1) is 17.0 Å². The molecule has 2 aromatic carbocycles. The molecule has 1 amide bonds. The van der Waals surface area contributed by atoms with E-state index in [2.05, 4.69) is 31.1 Å². The molecule has 1 saturated carbocycles. The molecule has 1 unspecified atom stereocenters. The number of nitrogens with zero attached hydrogens (tertiary/aromatic N) is 2. The molecule has 3 aromatic rings. The average molecular weight is 535 g/mol. The Morgan fingerprint density at radius 2 is 1.88 bits per heavy atom. The number of hydrogen-bond acceptors (Lipinski definition) is 5. The van der Waals surface area contributed by atoms with Crippen molar-refractivity contribution in [2.75, 3.05) is 6.54 Å². The molecule has 1 aliphatic rings. The number of hydrogen-bond donors (Lipinski definition) is 2. The van der Waals surface area contributed by atoms with E-state index in [0.717, 1.165) is 27.8 Å². The van der Waals surface area contributed by atoms with Crippen molar-refractivity contribution in [3.63, 3.8) is 0 Å². The summed E-state index contributed by atoms with van der Waals surface area (Å²) in [7, 11) is -2.09. The molecule has 0 bridgehead atoms. The SMILES string of the molecule is Cn1cc(S(=O)(=O)NCC(NC(=O)C2(Sc3ccc(Br)cc3)CC2)c2ccccc2)cn1. The van der Waals surface area contributed by atoms with Crippen molar-refractivity contribution in [1.29, 1.82) is 0 Å². The van der Waals surface area contributed by atoms with Crippen LogP contribution in [0.15, 0.2) is 81.3 Å². The third kappa shape index (κ3) is 5.43. The van der Waals surface area contributed by atoms with Crippen LogP contribution in [0.25, 0.3) is 0 Å². The van der Waals surface area contributed by atoms with Crippen molar-refractivity contribution >= 4 is 43.6 Å². The van der Waals surface area contributed by atoms with Crippen LogP contribution in [-0.4, -0.2) is 35.4 Å². The smallest absolute Gasteiger partial charge is 0.243 e. The average Bonchev–Trinajstić information content (AvgIpc) is 3.43. The number of amides is 1. The first-order valence-electron chi connectivity index (χ1n) is 10.1. The molecule has 1 aromatic heterocycles. The first-order valence-corrected chi connectivity index (χ1v) is 13.2. The lowest BCUT2D eigenvalue weighted by atomic mass is 10.1. The summed E-state index contributed by atoms with van der Waals surface area (Å²) >= 11 is 4.98. The van der Waals surface area contributed by atoms with Crippen LogP contribution in [0.5, 0.6) is 0 Å². The first-order chi connectivity index (χ1) is 15.3. The van der Waals surface area contributed by atoms with E-state index in [1.165, 1.54) is 17.1 Å². The van der Waals surface area contributed by atoms with E-state index >= 15 is 0 Å². The number of aryl methyl sites for hydroxylation is 1. The minimum atomic E-state index is -3.75. The number of halogens is 1. The van der Waals surface area contributed by atoms with Crippen LogP contribution in [-0.2, 0) is 21.9 Å². The van der Waals surface area contributed by atoms with E-state index in [-0.39, 0.29) is 17.3 Å². The molecule has 0 saturated heterocycles. The number of carbonyl (C=O) groups is 1. The lowest BCUT2D eigenvalue weighted by Gasteiger charge is -2.23. The predicted octanol–water partition coefficient (Wildman–Crippen LogP) is 3.64. The number of sulfonamides is 1. The van der Waals surface area contributed by atoms with Crippen molar-refractivity contribution in [1.82, 2.24) is 19.8 Å². The molecule has 0 spiro atoms. The van der Waals surface area contributed by atoms with Crippen LogP contribution in [0.4, 0.5) is 0 Å². The number of carbonyl (C=O) groups excluding carboxylic acids is 1. The lowest BCUT2D eigenvalue weighted by Crippen LogP contribution is -2.42. The van der Waals surface area contributed by atoms with Crippen LogP contribution in [0.1, 0.15) is 24.4 Å². The van der Waals surface area contributed by atoms with Crippen molar-refractivity contribution in [3.05, 3.63) is 77.0 Å². The Hall–Kier alpha value is -2.14. The highest BCUT2D eigenvalue weighted by atomic mass is 79.9. The van der Waals surface area contributed by atoms with Gasteiger partial charge in [-0.15, -0.1) is 11.8 Å². The molecule has 1 atom stereocenters. The molecule has 7 nitrogen and oxygen atoms in total. The summed E-state index contributed by atoms with van der Waals surface area (Å²) in [6.07, 6.45) is 4.30. The summed E-state index contributed by atoms with van der Waals surface area (Å²) in [4.78, 5) is 14.4. The van der Waals surface area contributed by atoms with Gasteiger partial charge in [-0.2, -0.15) is 5.10 Å². The van der Waals surface area contributed by atoms with E-state index in [1.54, 1.807) is 18.8 Å². The molecule has 1 heterocycles. The van der Waals surface area contributed by atoms with Crippen molar-refractivity contribution in [2.24, 2.45) is 7.05 Å². The van der Waals surface area contributed by atoms with Crippen LogP contribution in [0.3, 0.4) is 0 Å². The zero-order valence-electron chi connectivity index (χ0n) is 17.4.